The highest BCUT2D eigenvalue weighted by atomic mass is 32.1. The standard InChI is InChI=1S/C7H13N5S2/c1-7(2)4(9-6(14)10-7)11-12-5(13)8-3/h1-3H3,(H2,8,12,13)(H2,9,10,11,14). The number of hydrogen-bond acceptors (Lipinski definition) is 3. The van der Waals surface area contributed by atoms with Crippen molar-refractivity contribution >= 4 is 40.5 Å². The summed E-state index contributed by atoms with van der Waals surface area (Å²) in [4.78, 5) is 4.12. The predicted octanol–water partition coefficient (Wildman–Crippen LogP) is -0.350. The quantitative estimate of drug-likeness (QED) is 0.338. The van der Waals surface area contributed by atoms with Crippen LogP contribution in [0.15, 0.2) is 4.99 Å². The molecule has 1 aliphatic heterocycles. The first-order valence-electron chi connectivity index (χ1n) is 4.11. The van der Waals surface area contributed by atoms with Crippen LogP contribution in [0, 0.1) is 0 Å². The van der Waals surface area contributed by atoms with Crippen LogP contribution in [-0.2, 0) is 0 Å². The molecule has 1 aliphatic rings. The van der Waals surface area contributed by atoms with Crippen LogP contribution in [-0.4, -0.2) is 28.6 Å². The second-order valence-electron chi connectivity index (χ2n) is 3.34. The van der Waals surface area contributed by atoms with Gasteiger partial charge in [-0.2, -0.15) is 0 Å². The van der Waals surface area contributed by atoms with E-state index >= 15 is 0 Å². The third-order valence-electron chi connectivity index (χ3n) is 1.75. The maximum atomic E-state index is 4.94. The normalized spacial score (nSPS) is 18.2. The Hall–Kier alpha value is -0.950. The Bertz CT molecular complexity index is 296. The zero-order valence-electron chi connectivity index (χ0n) is 8.26. The zero-order valence-corrected chi connectivity index (χ0v) is 9.90. The number of nitrogens with zero attached hydrogens (tertiary/aromatic N) is 1. The molecule has 0 saturated heterocycles. The first-order chi connectivity index (χ1) is 6.45. The molecule has 0 spiro atoms. The van der Waals surface area contributed by atoms with Crippen molar-refractivity contribution in [2.45, 2.75) is 19.4 Å². The van der Waals surface area contributed by atoms with Gasteiger partial charge in [0.1, 0.15) is 5.84 Å². The summed E-state index contributed by atoms with van der Waals surface area (Å²) < 4.78 is 0. The summed E-state index contributed by atoms with van der Waals surface area (Å²) in [5.41, 5.74) is 5.41. The molecule has 1 heterocycles. The van der Waals surface area contributed by atoms with Gasteiger partial charge in [-0.15, -0.1) is 0 Å². The molecule has 0 atom stereocenters. The highest BCUT2D eigenvalue weighted by Crippen LogP contribution is 2.10. The largest absolute Gasteiger partial charge is 0.364 e. The number of hydrogen-bond donors (Lipinski definition) is 4. The number of nitrogens with one attached hydrogen (secondary N) is 4. The molecule has 0 radical (unpaired) electrons. The molecule has 0 saturated carbocycles. The van der Waals surface area contributed by atoms with E-state index in [-0.39, 0.29) is 5.54 Å². The summed E-state index contributed by atoms with van der Waals surface area (Å²) in [6, 6.07) is 0. The van der Waals surface area contributed by atoms with Gasteiger partial charge in [-0.1, -0.05) is 0 Å². The van der Waals surface area contributed by atoms with Gasteiger partial charge in [-0.3, -0.25) is 10.9 Å². The minimum absolute atomic E-state index is 0.284. The van der Waals surface area contributed by atoms with E-state index in [1.165, 1.54) is 0 Å². The molecule has 4 N–H and O–H groups in total. The van der Waals surface area contributed by atoms with E-state index in [2.05, 4.69) is 26.5 Å². The third kappa shape index (κ3) is 2.52. The Morgan fingerprint density at radius 2 is 2.14 bits per heavy atom. The van der Waals surface area contributed by atoms with Gasteiger partial charge in [0, 0.05) is 7.05 Å². The van der Waals surface area contributed by atoms with Crippen LogP contribution in [0.3, 0.4) is 0 Å². The smallest absolute Gasteiger partial charge is 0.195 e. The van der Waals surface area contributed by atoms with Crippen LogP contribution in [0.4, 0.5) is 0 Å². The molecule has 78 valence electrons. The summed E-state index contributed by atoms with van der Waals surface area (Å²) in [6.45, 7) is 3.95. The lowest BCUT2D eigenvalue weighted by Gasteiger charge is -2.22. The van der Waals surface area contributed by atoms with Crippen LogP contribution < -0.4 is 21.5 Å². The highest BCUT2D eigenvalue weighted by Gasteiger charge is 2.31. The minimum Gasteiger partial charge on any atom is -0.364 e. The maximum Gasteiger partial charge on any atom is 0.195 e. The van der Waals surface area contributed by atoms with Crippen LogP contribution in [0.1, 0.15) is 13.8 Å². The van der Waals surface area contributed by atoms with Crippen molar-refractivity contribution in [3.8, 4) is 0 Å². The molecule has 1 rings (SSSR count). The van der Waals surface area contributed by atoms with Crippen molar-refractivity contribution in [2.24, 2.45) is 4.99 Å². The van der Waals surface area contributed by atoms with E-state index in [0.717, 1.165) is 5.84 Å². The third-order valence-corrected chi connectivity index (χ3v) is 2.25. The molecule has 0 unspecified atom stereocenters. The molecule has 0 bridgehead atoms. The van der Waals surface area contributed by atoms with E-state index in [4.69, 9.17) is 24.4 Å². The Labute approximate surface area is 93.7 Å². The molecule has 0 aromatic rings. The average Bonchev–Trinajstić information content (AvgIpc) is 2.35. The number of thiocarbonyl (C=S) groups is 2. The SMILES string of the molecule is CNC(=S)NNC1=NC(=S)NC1(C)C. The average molecular weight is 231 g/mol. The predicted molar refractivity (Wildman–Crippen MR) is 65.2 cm³/mol. The number of amidine groups is 1. The van der Waals surface area contributed by atoms with Crippen molar-refractivity contribution in [1.82, 2.24) is 21.5 Å². The topological polar surface area (TPSA) is 60.5 Å². The van der Waals surface area contributed by atoms with E-state index in [1.807, 2.05) is 13.8 Å². The fourth-order valence-corrected chi connectivity index (χ4v) is 1.36. The fraction of sp³-hybridized carbons (Fsp3) is 0.571. The van der Waals surface area contributed by atoms with Crippen molar-refractivity contribution in [2.75, 3.05) is 7.05 Å². The van der Waals surface area contributed by atoms with Crippen molar-refractivity contribution < 1.29 is 0 Å². The molecule has 0 aromatic heterocycles. The molecule has 5 nitrogen and oxygen atoms in total. The van der Waals surface area contributed by atoms with Gasteiger partial charge in [0.25, 0.3) is 0 Å². The van der Waals surface area contributed by atoms with Crippen LogP contribution in [0.2, 0.25) is 0 Å². The van der Waals surface area contributed by atoms with Crippen LogP contribution in [0.25, 0.3) is 0 Å². The second-order valence-corrected chi connectivity index (χ2v) is 4.14. The molecular formula is C7H13N5S2. The Kier molecular flexibility index (Phi) is 3.22. The molecule has 0 amide bonds. The first kappa shape index (κ1) is 11.1. The van der Waals surface area contributed by atoms with E-state index in [1.54, 1.807) is 7.05 Å². The monoisotopic (exact) mass is 231 g/mol. The summed E-state index contributed by atoms with van der Waals surface area (Å²) >= 11 is 9.84. The van der Waals surface area contributed by atoms with Gasteiger partial charge in [-0.25, -0.2) is 4.99 Å². The van der Waals surface area contributed by atoms with E-state index in [0.29, 0.717) is 10.2 Å². The van der Waals surface area contributed by atoms with Crippen molar-refractivity contribution in [1.29, 1.82) is 0 Å². The summed E-state index contributed by atoms with van der Waals surface area (Å²) in [7, 11) is 1.74. The molecular weight excluding hydrogens is 218 g/mol. The maximum absolute atomic E-state index is 4.94. The van der Waals surface area contributed by atoms with Crippen LogP contribution >= 0.6 is 24.4 Å². The fourth-order valence-electron chi connectivity index (χ4n) is 0.958. The lowest BCUT2D eigenvalue weighted by Crippen LogP contribution is -2.54. The van der Waals surface area contributed by atoms with Gasteiger partial charge in [0.05, 0.1) is 5.54 Å². The van der Waals surface area contributed by atoms with Crippen LogP contribution in [0.5, 0.6) is 0 Å². The van der Waals surface area contributed by atoms with Crippen molar-refractivity contribution in [3.05, 3.63) is 0 Å². The van der Waals surface area contributed by atoms with Gasteiger partial charge in [0.2, 0.25) is 0 Å². The number of rotatable bonds is 0. The highest BCUT2D eigenvalue weighted by molar-refractivity contribution is 7.80. The molecule has 14 heavy (non-hydrogen) atoms. The van der Waals surface area contributed by atoms with E-state index in [9.17, 15) is 0 Å². The first-order valence-corrected chi connectivity index (χ1v) is 4.92. The van der Waals surface area contributed by atoms with Gasteiger partial charge in [-0.05, 0) is 38.3 Å². The van der Waals surface area contributed by atoms with Crippen molar-refractivity contribution in [3.63, 3.8) is 0 Å². The summed E-state index contributed by atoms with van der Waals surface area (Å²) in [6.07, 6.45) is 0. The molecule has 7 heteroatoms. The lowest BCUT2D eigenvalue weighted by molar-refractivity contribution is 0.607. The second kappa shape index (κ2) is 4.05. The Morgan fingerprint density at radius 3 is 2.57 bits per heavy atom. The van der Waals surface area contributed by atoms with Gasteiger partial charge >= 0.3 is 0 Å². The van der Waals surface area contributed by atoms with Gasteiger partial charge < -0.3 is 10.6 Å². The summed E-state index contributed by atoms with van der Waals surface area (Å²) in [5.74, 6) is 0.722. The number of hydrazine groups is 1. The van der Waals surface area contributed by atoms with Gasteiger partial charge in [0.15, 0.2) is 10.2 Å². The summed E-state index contributed by atoms with van der Waals surface area (Å²) in [5, 5.41) is 6.81. The minimum atomic E-state index is -0.284. The number of aliphatic imine (C=N–C) groups is 1. The zero-order chi connectivity index (χ0) is 10.8. The lowest BCUT2D eigenvalue weighted by atomic mass is 10.1. The Balaban J connectivity index is 2.56. The Morgan fingerprint density at radius 1 is 1.50 bits per heavy atom. The molecule has 0 aromatic carbocycles. The van der Waals surface area contributed by atoms with E-state index < -0.39 is 0 Å². The molecule has 0 fully saturated rings. The molecule has 0 aliphatic carbocycles.